The van der Waals surface area contributed by atoms with Crippen LogP contribution in [0.4, 0.5) is 4.39 Å². The van der Waals surface area contributed by atoms with Crippen LogP contribution >= 0.6 is 0 Å². The number of likely N-dealkylation sites (tertiary alicyclic amines) is 1. The predicted molar refractivity (Wildman–Crippen MR) is 68.5 cm³/mol. The van der Waals surface area contributed by atoms with Crippen molar-refractivity contribution in [3.05, 3.63) is 35.6 Å². The fourth-order valence-electron chi connectivity index (χ4n) is 2.58. The summed E-state index contributed by atoms with van der Waals surface area (Å²) in [6.07, 6.45) is 3.15. The maximum Gasteiger partial charge on any atom is 0.224 e. The SMILES string of the molecule is NCCC(=O)N1CCC[C@@H]1Cc1cccc(F)c1. The smallest absolute Gasteiger partial charge is 0.224 e. The van der Waals surface area contributed by atoms with Gasteiger partial charge in [0, 0.05) is 25.6 Å². The molecule has 0 radical (unpaired) electrons. The molecule has 0 saturated carbocycles. The first-order valence-electron chi connectivity index (χ1n) is 6.44. The van der Waals surface area contributed by atoms with Crippen molar-refractivity contribution in [3.8, 4) is 0 Å². The lowest BCUT2D eigenvalue weighted by Crippen LogP contribution is -2.37. The monoisotopic (exact) mass is 250 g/mol. The van der Waals surface area contributed by atoms with Crippen molar-refractivity contribution in [2.75, 3.05) is 13.1 Å². The van der Waals surface area contributed by atoms with E-state index in [1.165, 1.54) is 6.07 Å². The molecule has 1 amide bonds. The normalized spacial score (nSPS) is 19.2. The number of rotatable bonds is 4. The number of halogens is 1. The standard InChI is InChI=1S/C14H19FN2O/c15-12-4-1-3-11(9-12)10-13-5-2-8-17(13)14(18)6-7-16/h1,3-4,9,13H,2,5-8,10,16H2/t13-/m1/s1. The highest BCUT2D eigenvalue weighted by Gasteiger charge is 2.28. The largest absolute Gasteiger partial charge is 0.339 e. The lowest BCUT2D eigenvalue weighted by Gasteiger charge is -2.24. The number of amides is 1. The molecule has 3 nitrogen and oxygen atoms in total. The molecule has 0 unspecified atom stereocenters. The molecule has 0 spiro atoms. The molecule has 1 saturated heterocycles. The highest BCUT2D eigenvalue weighted by atomic mass is 19.1. The van der Waals surface area contributed by atoms with Gasteiger partial charge in [0.05, 0.1) is 0 Å². The fraction of sp³-hybridized carbons (Fsp3) is 0.500. The lowest BCUT2D eigenvalue weighted by atomic mass is 10.0. The number of benzene rings is 1. The van der Waals surface area contributed by atoms with Crippen molar-refractivity contribution in [1.29, 1.82) is 0 Å². The molecule has 0 aliphatic carbocycles. The third kappa shape index (κ3) is 3.07. The van der Waals surface area contributed by atoms with Gasteiger partial charge < -0.3 is 10.6 Å². The Kier molecular flexibility index (Phi) is 4.31. The summed E-state index contributed by atoms with van der Waals surface area (Å²) in [6.45, 7) is 1.20. The van der Waals surface area contributed by atoms with E-state index in [0.29, 0.717) is 13.0 Å². The van der Waals surface area contributed by atoms with Crippen LogP contribution in [-0.4, -0.2) is 29.9 Å². The van der Waals surface area contributed by atoms with Crippen LogP contribution in [0, 0.1) is 5.82 Å². The molecular weight excluding hydrogens is 231 g/mol. The zero-order valence-electron chi connectivity index (χ0n) is 10.4. The summed E-state index contributed by atoms with van der Waals surface area (Å²) in [5, 5.41) is 0. The molecule has 1 fully saturated rings. The summed E-state index contributed by atoms with van der Waals surface area (Å²) in [5.74, 6) is -0.0956. The van der Waals surface area contributed by atoms with Crippen LogP contribution in [0.5, 0.6) is 0 Å². The first-order chi connectivity index (χ1) is 8.70. The second-order valence-corrected chi connectivity index (χ2v) is 4.76. The number of nitrogens with two attached hydrogens (primary N) is 1. The predicted octanol–water partition coefficient (Wildman–Crippen LogP) is 1.71. The molecule has 1 aliphatic heterocycles. The second-order valence-electron chi connectivity index (χ2n) is 4.76. The van der Waals surface area contributed by atoms with E-state index in [1.54, 1.807) is 12.1 Å². The van der Waals surface area contributed by atoms with Gasteiger partial charge in [-0.2, -0.15) is 0 Å². The summed E-state index contributed by atoms with van der Waals surface area (Å²) >= 11 is 0. The molecular formula is C14H19FN2O. The van der Waals surface area contributed by atoms with Crippen LogP contribution in [0.15, 0.2) is 24.3 Å². The van der Waals surface area contributed by atoms with Gasteiger partial charge >= 0.3 is 0 Å². The van der Waals surface area contributed by atoms with Gasteiger partial charge in [0.1, 0.15) is 5.82 Å². The molecule has 98 valence electrons. The third-order valence-electron chi connectivity index (χ3n) is 3.42. The van der Waals surface area contributed by atoms with E-state index in [1.807, 2.05) is 11.0 Å². The Labute approximate surface area is 107 Å². The van der Waals surface area contributed by atoms with E-state index in [2.05, 4.69) is 0 Å². The van der Waals surface area contributed by atoms with Gasteiger partial charge in [-0.25, -0.2) is 4.39 Å². The van der Waals surface area contributed by atoms with Gasteiger partial charge in [-0.15, -0.1) is 0 Å². The summed E-state index contributed by atoms with van der Waals surface area (Å²) < 4.78 is 13.1. The van der Waals surface area contributed by atoms with E-state index in [0.717, 1.165) is 31.4 Å². The van der Waals surface area contributed by atoms with Crippen LogP contribution in [0.1, 0.15) is 24.8 Å². The van der Waals surface area contributed by atoms with Crippen molar-refractivity contribution in [2.45, 2.75) is 31.7 Å². The Balaban J connectivity index is 2.01. The topological polar surface area (TPSA) is 46.3 Å². The van der Waals surface area contributed by atoms with Crippen molar-refractivity contribution < 1.29 is 9.18 Å². The Morgan fingerprint density at radius 1 is 1.50 bits per heavy atom. The van der Waals surface area contributed by atoms with Crippen molar-refractivity contribution in [1.82, 2.24) is 4.90 Å². The lowest BCUT2D eigenvalue weighted by molar-refractivity contribution is -0.131. The van der Waals surface area contributed by atoms with Crippen LogP contribution in [0.25, 0.3) is 0 Å². The molecule has 1 aliphatic rings. The molecule has 4 heteroatoms. The van der Waals surface area contributed by atoms with Gasteiger partial charge in [-0.05, 0) is 37.0 Å². The summed E-state index contributed by atoms with van der Waals surface area (Å²) in [4.78, 5) is 13.8. The molecule has 1 aromatic carbocycles. The number of carbonyl (C=O) groups excluding carboxylic acids is 1. The Hall–Kier alpha value is -1.42. The Morgan fingerprint density at radius 2 is 2.33 bits per heavy atom. The average Bonchev–Trinajstić information content (AvgIpc) is 2.77. The summed E-state index contributed by atoms with van der Waals surface area (Å²) in [7, 11) is 0. The van der Waals surface area contributed by atoms with Crippen LogP contribution < -0.4 is 5.73 Å². The average molecular weight is 250 g/mol. The highest BCUT2D eigenvalue weighted by molar-refractivity contribution is 5.77. The quantitative estimate of drug-likeness (QED) is 0.884. The first-order valence-corrected chi connectivity index (χ1v) is 6.44. The number of hydrogen-bond acceptors (Lipinski definition) is 2. The fourth-order valence-corrected chi connectivity index (χ4v) is 2.58. The molecule has 18 heavy (non-hydrogen) atoms. The van der Waals surface area contributed by atoms with Crippen LogP contribution in [0.2, 0.25) is 0 Å². The molecule has 2 N–H and O–H groups in total. The maximum atomic E-state index is 13.1. The van der Waals surface area contributed by atoms with Gasteiger partial charge in [0.15, 0.2) is 0 Å². The van der Waals surface area contributed by atoms with Crippen LogP contribution in [0.3, 0.4) is 0 Å². The van der Waals surface area contributed by atoms with Crippen molar-refractivity contribution in [3.63, 3.8) is 0 Å². The van der Waals surface area contributed by atoms with Gasteiger partial charge in [-0.3, -0.25) is 4.79 Å². The number of hydrogen-bond donors (Lipinski definition) is 1. The van der Waals surface area contributed by atoms with Gasteiger partial charge in [0.2, 0.25) is 5.91 Å². The first kappa shape index (κ1) is 13.0. The molecule has 0 aromatic heterocycles. The van der Waals surface area contributed by atoms with E-state index in [9.17, 15) is 9.18 Å². The zero-order chi connectivity index (χ0) is 13.0. The van der Waals surface area contributed by atoms with E-state index in [4.69, 9.17) is 5.73 Å². The molecule has 1 heterocycles. The number of carbonyl (C=O) groups is 1. The zero-order valence-corrected chi connectivity index (χ0v) is 10.4. The van der Waals surface area contributed by atoms with Gasteiger partial charge in [0.25, 0.3) is 0 Å². The molecule has 1 aromatic rings. The Bertz CT molecular complexity index is 422. The van der Waals surface area contributed by atoms with Crippen molar-refractivity contribution in [2.24, 2.45) is 5.73 Å². The minimum Gasteiger partial charge on any atom is -0.339 e. The second kappa shape index (κ2) is 5.96. The van der Waals surface area contributed by atoms with E-state index < -0.39 is 0 Å². The third-order valence-corrected chi connectivity index (χ3v) is 3.42. The summed E-state index contributed by atoms with van der Waals surface area (Å²) in [5.41, 5.74) is 6.37. The van der Waals surface area contributed by atoms with Crippen molar-refractivity contribution >= 4 is 5.91 Å². The van der Waals surface area contributed by atoms with Crippen LogP contribution in [-0.2, 0) is 11.2 Å². The number of nitrogens with zero attached hydrogens (tertiary/aromatic N) is 1. The molecule has 1 atom stereocenters. The minimum atomic E-state index is -0.217. The maximum absolute atomic E-state index is 13.1. The highest BCUT2D eigenvalue weighted by Crippen LogP contribution is 2.22. The molecule has 0 bridgehead atoms. The van der Waals surface area contributed by atoms with E-state index >= 15 is 0 Å². The van der Waals surface area contributed by atoms with Gasteiger partial charge in [-0.1, -0.05) is 12.1 Å². The Morgan fingerprint density at radius 3 is 3.06 bits per heavy atom. The van der Waals surface area contributed by atoms with E-state index in [-0.39, 0.29) is 17.8 Å². The minimum absolute atomic E-state index is 0.122. The summed E-state index contributed by atoms with van der Waals surface area (Å²) in [6, 6.07) is 6.81. The molecule has 2 rings (SSSR count).